The van der Waals surface area contributed by atoms with E-state index < -0.39 is 0 Å². The van der Waals surface area contributed by atoms with E-state index in [0.29, 0.717) is 37.5 Å². The Morgan fingerprint density at radius 2 is 1.33 bits per heavy atom. The lowest BCUT2D eigenvalue weighted by Crippen LogP contribution is -2.12. The number of hydrogen-bond acceptors (Lipinski definition) is 8. The molecule has 0 radical (unpaired) electrons. The van der Waals surface area contributed by atoms with Crippen molar-refractivity contribution in [3.05, 3.63) is 48.3 Å². The molecule has 0 atom stereocenters. The highest BCUT2D eigenvalue weighted by atomic mass is 16.3. The molecular weight excluding hydrogens is 308 g/mol. The molecule has 3 N–H and O–H groups in total. The summed E-state index contributed by atoms with van der Waals surface area (Å²) in [5, 5.41) is 9.11. The van der Waals surface area contributed by atoms with Crippen LogP contribution in [0, 0.1) is 12.3 Å². The number of rotatable bonds is 8. The third kappa shape index (κ3) is 4.27. The van der Waals surface area contributed by atoms with Gasteiger partial charge in [0.15, 0.2) is 0 Å². The van der Waals surface area contributed by atoms with Gasteiger partial charge in [0.1, 0.15) is 11.5 Å². The molecule has 0 aliphatic heterocycles. The lowest BCUT2D eigenvalue weighted by molar-refractivity contribution is 0.517. The van der Waals surface area contributed by atoms with Gasteiger partial charge in [-0.25, -0.2) is 0 Å². The van der Waals surface area contributed by atoms with Gasteiger partial charge in [0, 0.05) is 0 Å². The first-order chi connectivity index (χ1) is 11.8. The highest BCUT2D eigenvalue weighted by Gasteiger charge is 2.07. The number of anilines is 3. The number of terminal acetylenes is 1. The molecule has 8 nitrogen and oxygen atoms in total. The minimum absolute atomic E-state index is 0.319. The third-order valence-corrected chi connectivity index (χ3v) is 2.99. The van der Waals surface area contributed by atoms with Gasteiger partial charge in [-0.15, -0.1) is 6.42 Å². The molecule has 8 heteroatoms. The van der Waals surface area contributed by atoms with Gasteiger partial charge in [-0.05, 0) is 24.3 Å². The smallest absolute Gasteiger partial charge is 0.230 e. The van der Waals surface area contributed by atoms with Crippen molar-refractivity contribution in [2.24, 2.45) is 0 Å². The molecule has 3 aromatic rings. The summed E-state index contributed by atoms with van der Waals surface area (Å²) in [7, 11) is 0. The van der Waals surface area contributed by atoms with Crippen LogP contribution in [-0.2, 0) is 13.1 Å². The second kappa shape index (κ2) is 7.69. The van der Waals surface area contributed by atoms with Crippen molar-refractivity contribution in [1.29, 1.82) is 0 Å². The Bertz CT molecular complexity index is 736. The Balaban J connectivity index is 1.70. The second-order valence-corrected chi connectivity index (χ2v) is 4.73. The van der Waals surface area contributed by atoms with Crippen molar-refractivity contribution in [2.75, 3.05) is 22.5 Å². The first kappa shape index (κ1) is 15.4. The molecule has 3 aromatic heterocycles. The van der Waals surface area contributed by atoms with Crippen LogP contribution in [0.25, 0.3) is 0 Å². The van der Waals surface area contributed by atoms with E-state index in [-0.39, 0.29) is 0 Å². The predicted molar refractivity (Wildman–Crippen MR) is 89.2 cm³/mol. The molecule has 0 spiro atoms. The predicted octanol–water partition coefficient (Wildman–Crippen LogP) is 2.33. The van der Waals surface area contributed by atoms with Gasteiger partial charge in [-0.1, -0.05) is 5.92 Å². The summed E-state index contributed by atoms with van der Waals surface area (Å²) in [6, 6.07) is 7.37. The largest absolute Gasteiger partial charge is 0.467 e. The van der Waals surface area contributed by atoms with Gasteiger partial charge < -0.3 is 24.8 Å². The summed E-state index contributed by atoms with van der Waals surface area (Å²) in [4.78, 5) is 12.9. The normalized spacial score (nSPS) is 10.1. The van der Waals surface area contributed by atoms with Crippen LogP contribution < -0.4 is 16.0 Å². The van der Waals surface area contributed by atoms with Gasteiger partial charge in [0.05, 0.1) is 32.2 Å². The van der Waals surface area contributed by atoms with Crippen LogP contribution in [0.15, 0.2) is 45.6 Å². The zero-order chi connectivity index (χ0) is 16.6. The molecule has 3 rings (SSSR count). The fourth-order valence-electron chi connectivity index (χ4n) is 1.90. The summed E-state index contributed by atoms with van der Waals surface area (Å²) in [5.74, 6) is 5.23. The maximum atomic E-state index is 5.27. The Morgan fingerprint density at radius 3 is 1.75 bits per heavy atom. The van der Waals surface area contributed by atoms with E-state index in [2.05, 4.69) is 36.8 Å². The molecule has 0 aliphatic rings. The topological polar surface area (TPSA) is 101 Å². The molecule has 24 heavy (non-hydrogen) atoms. The van der Waals surface area contributed by atoms with Crippen LogP contribution in [0.5, 0.6) is 0 Å². The molecule has 0 saturated carbocycles. The lowest BCUT2D eigenvalue weighted by atomic mass is 10.4. The van der Waals surface area contributed by atoms with Crippen LogP contribution in [0.1, 0.15) is 11.5 Å². The quantitative estimate of drug-likeness (QED) is 0.543. The molecule has 0 bridgehead atoms. The van der Waals surface area contributed by atoms with Crippen LogP contribution in [0.3, 0.4) is 0 Å². The Morgan fingerprint density at radius 1 is 0.833 bits per heavy atom. The van der Waals surface area contributed by atoms with Crippen LogP contribution in [0.2, 0.25) is 0 Å². The van der Waals surface area contributed by atoms with Gasteiger partial charge >= 0.3 is 0 Å². The first-order valence-electron chi connectivity index (χ1n) is 7.29. The fraction of sp³-hybridized carbons (Fsp3) is 0.188. The van der Waals surface area contributed by atoms with Gasteiger partial charge in [0.25, 0.3) is 0 Å². The van der Waals surface area contributed by atoms with Gasteiger partial charge in [0.2, 0.25) is 17.8 Å². The molecule has 0 fully saturated rings. The minimum atomic E-state index is 0.319. The van der Waals surface area contributed by atoms with Gasteiger partial charge in [-0.2, -0.15) is 15.0 Å². The SMILES string of the molecule is C#CCNc1nc(NCc2ccco2)nc(NCc2ccco2)n1. The van der Waals surface area contributed by atoms with Crippen LogP contribution in [-0.4, -0.2) is 21.5 Å². The summed E-state index contributed by atoms with van der Waals surface area (Å²) >= 11 is 0. The van der Waals surface area contributed by atoms with Crippen molar-refractivity contribution in [3.63, 3.8) is 0 Å². The number of nitrogens with one attached hydrogen (secondary N) is 3. The van der Waals surface area contributed by atoms with E-state index in [9.17, 15) is 0 Å². The van der Waals surface area contributed by atoms with Crippen molar-refractivity contribution in [1.82, 2.24) is 15.0 Å². The van der Waals surface area contributed by atoms with Gasteiger partial charge in [-0.3, -0.25) is 0 Å². The maximum absolute atomic E-state index is 5.27. The second-order valence-electron chi connectivity index (χ2n) is 4.73. The minimum Gasteiger partial charge on any atom is -0.467 e. The Hall–Kier alpha value is -3.47. The average molecular weight is 324 g/mol. The van der Waals surface area contributed by atoms with E-state index in [1.165, 1.54) is 0 Å². The van der Waals surface area contributed by atoms with Crippen LogP contribution in [0.4, 0.5) is 17.8 Å². The molecule has 3 heterocycles. The molecule has 122 valence electrons. The van der Waals surface area contributed by atoms with Crippen molar-refractivity contribution in [3.8, 4) is 12.3 Å². The maximum Gasteiger partial charge on any atom is 0.230 e. The van der Waals surface area contributed by atoms with Crippen molar-refractivity contribution < 1.29 is 8.83 Å². The van der Waals surface area contributed by atoms with E-state index in [1.54, 1.807) is 12.5 Å². The van der Waals surface area contributed by atoms with Crippen LogP contribution >= 0.6 is 0 Å². The molecule has 0 saturated heterocycles. The van der Waals surface area contributed by atoms with Crippen molar-refractivity contribution >= 4 is 17.8 Å². The van der Waals surface area contributed by atoms with E-state index in [0.717, 1.165) is 11.5 Å². The Labute approximate surface area is 138 Å². The molecule has 0 aliphatic carbocycles. The molecule has 0 aromatic carbocycles. The third-order valence-electron chi connectivity index (χ3n) is 2.99. The Kier molecular flexibility index (Phi) is 4.94. The van der Waals surface area contributed by atoms with Crippen molar-refractivity contribution in [2.45, 2.75) is 13.1 Å². The highest BCUT2D eigenvalue weighted by molar-refractivity contribution is 5.42. The highest BCUT2D eigenvalue weighted by Crippen LogP contribution is 2.12. The molecule has 0 unspecified atom stereocenters. The summed E-state index contributed by atoms with van der Waals surface area (Å²) in [6.07, 6.45) is 8.48. The van der Waals surface area contributed by atoms with E-state index in [1.807, 2.05) is 24.3 Å². The average Bonchev–Trinajstić information content (AvgIpc) is 3.29. The number of hydrogen-bond donors (Lipinski definition) is 3. The van der Waals surface area contributed by atoms with E-state index >= 15 is 0 Å². The summed E-state index contributed by atoms with van der Waals surface area (Å²) in [5.41, 5.74) is 0. The number of aromatic nitrogens is 3. The number of nitrogens with zero attached hydrogens (tertiary/aromatic N) is 3. The molecular formula is C16H16N6O2. The standard InChI is InChI=1S/C16H16N6O2/c1-2-7-17-14-20-15(18-10-12-5-3-8-23-12)22-16(21-14)19-11-13-6-4-9-24-13/h1,3-6,8-9H,7,10-11H2,(H3,17,18,19,20,21,22). The fourth-order valence-corrected chi connectivity index (χ4v) is 1.90. The monoisotopic (exact) mass is 324 g/mol. The summed E-state index contributed by atoms with van der Waals surface area (Å²) < 4.78 is 10.5. The number of furan rings is 2. The molecule has 0 amide bonds. The first-order valence-corrected chi connectivity index (χ1v) is 7.29. The van der Waals surface area contributed by atoms with E-state index in [4.69, 9.17) is 15.3 Å². The zero-order valence-electron chi connectivity index (χ0n) is 12.8. The summed E-state index contributed by atoms with van der Waals surface area (Å²) in [6.45, 7) is 1.24. The zero-order valence-corrected chi connectivity index (χ0v) is 12.8. The lowest BCUT2D eigenvalue weighted by Gasteiger charge is -2.09.